The zero-order chi connectivity index (χ0) is 11.6. The lowest BCUT2D eigenvalue weighted by atomic mass is 10.1. The summed E-state index contributed by atoms with van der Waals surface area (Å²) < 4.78 is 22.9. The zero-order valence-electron chi connectivity index (χ0n) is 8.55. The van der Waals surface area contributed by atoms with Gasteiger partial charge in [0.25, 0.3) is 9.05 Å². The molecular formula is C10H12Cl2O2S. The zero-order valence-corrected chi connectivity index (χ0v) is 10.9. The molecule has 0 amide bonds. The van der Waals surface area contributed by atoms with E-state index in [4.69, 9.17) is 22.3 Å². The molecule has 0 aliphatic rings. The summed E-state index contributed by atoms with van der Waals surface area (Å²) in [5.74, 6) is 0. The Morgan fingerprint density at radius 1 is 1.20 bits per heavy atom. The van der Waals surface area contributed by atoms with Gasteiger partial charge in [0.05, 0.1) is 4.90 Å². The van der Waals surface area contributed by atoms with E-state index in [9.17, 15) is 8.42 Å². The average Bonchev–Trinajstić information content (AvgIpc) is 2.15. The van der Waals surface area contributed by atoms with Crippen LogP contribution in [0.4, 0.5) is 0 Å². The predicted molar refractivity (Wildman–Crippen MR) is 63.2 cm³/mol. The van der Waals surface area contributed by atoms with Crippen molar-refractivity contribution in [3.05, 3.63) is 28.3 Å². The topological polar surface area (TPSA) is 34.1 Å². The molecule has 2 nitrogen and oxygen atoms in total. The van der Waals surface area contributed by atoms with E-state index >= 15 is 0 Å². The Hall–Kier alpha value is -0.250. The van der Waals surface area contributed by atoms with Gasteiger partial charge in [-0.05, 0) is 30.0 Å². The van der Waals surface area contributed by atoms with Crippen molar-refractivity contribution in [2.24, 2.45) is 0 Å². The molecule has 0 radical (unpaired) electrons. The molecule has 1 rings (SSSR count). The van der Waals surface area contributed by atoms with Crippen LogP contribution in [0.1, 0.15) is 25.0 Å². The summed E-state index contributed by atoms with van der Waals surface area (Å²) in [7, 11) is 1.69. The molecule has 0 fully saturated rings. The van der Waals surface area contributed by atoms with Crippen molar-refractivity contribution in [1.82, 2.24) is 0 Å². The first-order valence-electron chi connectivity index (χ1n) is 4.66. The lowest BCUT2D eigenvalue weighted by Crippen LogP contribution is -2.03. The molecule has 0 saturated heterocycles. The highest BCUT2D eigenvalue weighted by Gasteiger charge is 2.20. The van der Waals surface area contributed by atoms with Crippen LogP contribution in [0.2, 0.25) is 5.02 Å². The lowest BCUT2D eigenvalue weighted by Gasteiger charge is -2.11. The average molecular weight is 267 g/mol. The number of aryl methyl sites for hydroxylation is 1. The van der Waals surface area contributed by atoms with E-state index in [-0.39, 0.29) is 4.90 Å². The first kappa shape index (κ1) is 12.8. The molecule has 84 valence electrons. The highest BCUT2D eigenvalue weighted by Crippen LogP contribution is 2.30. The second kappa shape index (κ2) is 4.73. The van der Waals surface area contributed by atoms with Crippen LogP contribution in [0.15, 0.2) is 17.0 Å². The lowest BCUT2D eigenvalue weighted by molar-refractivity contribution is 0.607. The third kappa shape index (κ3) is 2.65. The van der Waals surface area contributed by atoms with Crippen molar-refractivity contribution in [3.63, 3.8) is 0 Å². The summed E-state index contributed by atoms with van der Waals surface area (Å²) in [6, 6.07) is 3.42. The van der Waals surface area contributed by atoms with Gasteiger partial charge in [0.15, 0.2) is 0 Å². The molecule has 0 heterocycles. The molecule has 0 N–H and O–H groups in total. The fourth-order valence-corrected chi connectivity index (χ4v) is 3.56. The van der Waals surface area contributed by atoms with Gasteiger partial charge < -0.3 is 0 Å². The van der Waals surface area contributed by atoms with E-state index in [1.165, 1.54) is 0 Å². The summed E-state index contributed by atoms with van der Waals surface area (Å²) in [5, 5.41) is 0.453. The largest absolute Gasteiger partial charge is 0.261 e. The van der Waals surface area contributed by atoms with Crippen LogP contribution in [-0.4, -0.2) is 8.42 Å². The van der Waals surface area contributed by atoms with Gasteiger partial charge in [-0.3, -0.25) is 0 Å². The van der Waals surface area contributed by atoms with Crippen molar-refractivity contribution in [3.8, 4) is 0 Å². The first-order valence-corrected chi connectivity index (χ1v) is 7.35. The summed E-state index contributed by atoms with van der Waals surface area (Å²) in [5.41, 5.74) is 1.32. The standard InChI is InChI=1S/C10H12Cl2O2S/c1-3-7-5-6-9(11)8(4-2)10(7)15(12,13)14/h5-6H,3-4H2,1-2H3. The minimum atomic E-state index is -3.72. The normalized spacial score (nSPS) is 11.7. The Morgan fingerprint density at radius 3 is 2.20 bits per heavy atom. The van der Waals surface area contributed by atoms with Gasteiger partial charge in [-0.2, -0.15) is 0 Å². The van der Waals surface area contributed by atoms with Crippen molar-refractivity contribution < 1.29 is 8.42 Å². The monoisotopic (exact) mass is 266 g/mol. The molecule has 15 heavy (non-hydrogen) atoms. The molecule has 5 heteroatoms. The Balaban J connectivity index is 3.63. The minimum Gasteiger partial charge on any atom is -0.207 e. The number of hydrogen-bond donors (Lipinski definition) is 0. The molecule has 0 atom stereocenters. The van der Waals surface area contributed by atoms with Gasteiger partial charge in [-0.25, -0.2) is 8.42 Å². The molecule has 1 aromatic carbocycles. The first-order chi connectivity index (χ1) is 6.91. The third-order valence-corrected chi connectivity index (χ3v) is 4.08. The van der Waals surface area contributed by atoms with Crippen LogP contribution in [0.5, 0.6) is 0 Å². The maximum atomic E-state index is 11.5. The molecule has 0 spiro atoms. The van der Waals surface area contributed by atoms with Crippen LogP contribution in [-0.2, 0) is 21.9 Å². The van der Waals surface area contributed by atoms with E-state index in [2.05, 4.69) is 0 Å². The Kier molecular flexibility index (Phi) is 4.04. The van der Waals surface area contributed by atoms with E-state index in [0.29, 0.717) is 29.0 Å². The number of benzene rings is 1. The summed E-state index contributed by atoms with van der Waals surface area (Å²) in [6.45, 7) is 3.74. The Labute approximate surface area is 99.6 Å². The molecule has 0 aromatic heterocycles. The van der Waals surface area contributed by atoms with Crippen molar-refractivity contribution in [2.75, 3.05) is 0 Å². The molecule has 0 aliphatic carbocycles. The van der Waals surface area contributed by atoms with E-state index in [1.807, 2.05) is 13.8 Å². The Bertz CT molecular complexity index is 467. The van der Waals surface area contributed by atoms with Crippen LogP contribution in [0.25, 0.3) is 0 Å². The van der Waals surface area contributed by atoms with Crippen molar-refractivity contribution in [2.45, 2.75) is 31.6 Å². The van der Waals surface area contributed by atoms with Crippen LogP contribution in [0.3, 0.4) is 0 Å². The number of rotatable bonds is 3. The van der Waals surface area contributed by atoms with E-state index in [0.717, 1.165) is 0 Å². The second-order valence-corrected chi connectivity index (χ2v) is 6.07. The van der Waals surface area contributed by atoms with E-state index in [1.54, 1.807) is 12.1 Å². The smallest absolute Gasteiger partial charge is 0.207 e. The second-order valence-electron chi connectivity index (χ2n) is 3.16. The van der Waals surface area contributed by atoms with Crippen molar-refractivity contribution >= 4 is 31.3 Å². The summed E-state index contributed by atoms with van der Waals surface area (Å²) in [6.07, 6.45) is 1.17. The molecule has 0 unspecified atom stereocenters. The predicted octanol–water partition coefficient (Wildman–Crippen LogP) is 3.39. The minimum absolute atomic E-state index is 0.182. The van der Waals surface area contributed by atoms with E-state index < -0.39 is 9.05 Å². The van der Waals surface area contributed by atoms with Gasteiger partial charge in [-0.1, -0.05) is 31.5 Å². The summed E-state index contributed by atoms with van der Waals surface area (Å²) in [4.78, 5) is 0.182. The van der Waals surface area contributed by atoms with Gasteiger partial charge in [0, 0.05) is 15.7 Å². The summed E-state index contributed by atoms with van der Waals surface area (Å²) >= 11 is 5.94. The van der Waals surface area contributed by atoms with Gasteiger partial charge in [0.2, 0.25) is 0 Å². The highest BCUT2D eigenvalue weighted by molar-refractivity contribution is 8.13. The molecule has 0 bridgehead atoms. The molecular weight excluding hydrogens is 255 g/mol. The van der Waals surface area contributed by atoms with Crippen molar-refractivity contribution in [1.29, 1.82) is 0 Å². The van der Waals surface area contributed by atoms with Crippen LogP contribution >= 0.6 is 22.3 Å². The van der Waals surface area contributed by atoms with Crippen LogP contribution in [0, 0.1) is 0 Å². The van der Waals surface area contributed by atoms with Crippen LogP contribution < -0.4 is 0 Å². The fraction of sp³-hybridized carbons (Fsp3) is 0.400. The van der Waals surface area contributed by atoms with Gasteiger partial charge in [0.1, 0.15) is 0 Å². The third-order valence-electron chi connectivity index (χ3n) is 2.26. The SMILES string of the molecule is CCc1ccc(Cl)c(CC)c1S(=O)(=O)Cl. The van der Waals surface area contributed by atoms with Gasteiger partial charge >= 0.3 is 0 Å². The number of halogens is 2. The quantitative estimate of drug-likeness (QED) is 0.786. The van der Waals surface area contributed by atoms with Gasteiger partial charge in [-0.15, -0.1) is 0 Å². The fourth-order valence-electron chi connectivity index (χ4n) is 1.56. The maximum Gasteiger partial charge on any atom is 0.261 e. The Morgan fingerprint density at radius 2 is 1.80 bits per heavy atom. The molecule has 0 aliphatic heterocycles. The maximum absolute atomic E-state index is 11.5. The number of hydrogen-bond acceptors (Lipinski definition) is 2. The highest BCUT2D eigenvalue weighted by atomic mass is 35.7. The molecule has 0 saturated carbocycles. The molecule has 1 aromatic rings.